The van der Waals surface area contributed by atoms with Gasteiger partial charge in [0, 0.05) is 12.1 Å². The second kappa shape index (κ2) is 5.63. The van der Waals surface area contributed by atoms with Crippen molar-refractivity contribution in [2.45, 2.75) is 39.2 Å². The highest BCUT2D eigenvalue weighted by molar-refractivity contribution is 5.36. The van der Waals surface area contributed by atoms with Crippen LogP contribution in [0.3, 0.4) is 0 Å². The van der Waals surface area contributed by atoms with Crippen molar-refractivity contribution in [2.75, 3.05) is 5.32 Å². The molecule has 1 rings (SSSR count). The molecule has 84 valence electrons. The average Bonchev–Trinajstić information content (AvgIpc) is 2.21. The van der Waals surface area contributed by atoms with Gasteiger partial charge in [-0.2, -0.15) is 0 Å². The molecule has 0 aliphatic heterocycles. The number of halogens is 2. The molecule has 0 amide bonds. The minimum absolute atomic E-state index is 0.136. The van der Waals surface area contributed by atoms with E-state index < -0.39 is 11.6 Å². The molecular formula is C11H16F2N2. The number of nitrogens with zero attached hydrogens (tertiary/aromatic N) is 1. The molecule has 1 atom stereocenters. The Balaban J connectivity index is 2.70. The molecule has 0 aromatic carbocycles. The van der Waals surface area contributed by atoms with Gasteiger partial charge < -0.3 is 5.32 Å². The van der Waals surface area contributed by atoms with Crippen LogP contribution < -0.4 is 5.32 Å². The SMILES string of the molecule is CCCC(CC)Nc1ncc(F)cc1F. The van der Waals surface area contributed by atoms with Gasteiger partial charge >= 0.3 is 0 Å². The van der Waals surface area contributed by atoms with Crippen LogP contribution in [-0.2, 0) is 0 Å². The van der Waals surface area contributed by atoms with E-state index in [2.05, 4.69) is 17.2 Å². The van der Waals surface area contributed by atoms with E-state index in [0.717, 1.165) is 31.5 Å². The normalized spacial score (nSPS) is 12.5. The maximum absolute atomic E-state index is 13.2. The number of hydrogen-bond acceptors (Lipinski definition) is 2. The van der Waals surface area contributed by atoms with Gasteiger partial charge in [0.05, 0.1) is 6.20 Å². The van der Waals surface area contributed by atoms with Crippen LogP contribution >= 0.6 is 0 Å². The first-order valence-electron chi connectivity index (χ1n) is 5.25. The van der Waals surface area contributed by atoms with Crippen LogP contribution in [0.5, 0.6) is 0 Å². The highest BCUT2D eigenvalue weighted by Crippen LogP contribution is 2.15. The summed E-state index contributed by atoms with van der Waals surface area (Å²) in [5.74, 6) is -1.15. The first-order chi connectivity index (χ1) is 7.17. The fourth-order valence-corrected chi connectivity index (χ4v) is 1.44. The maximum Gasteiger partial charge on any atom is 0.168 e. The third-order valence-electron chi connectivity index (χ3n) is 2.28. The number of hydrogen-bond donors (Lipinski definition) is 1. The van der Waals surface area contributed by atoms with Gasteiger partial charge in [0.15, 0.2) is 11.6 Å². The van der Waals surface area contributed by atoms with Crippen molar-refractivity contribution >= 4 is 5.82 Å². The Hall–Kier alpha value is -1.19. The molecule has 0 aliphatic rings. The number of rotatable bonds is 5. The van der Waals surface area contributed by atoms with E-state index in [1.165, 1.54) is 0 Å². The van der Waals surface area contributed by atoms with Gasteiger partial charge in [-0.25, -0.2) is 13.8 Å². The number of anilines is 1. The summed E-state index contributed by atoms with van der Waals surface area (Å²) in [5, 5.41) is 2.97. The highest BCUT2D eigenvalue weighted by atomic mass is 19.1. The van der Waals surface area contributed by atoms with Crippen molar-refractivity contribution in [2.24, 2.45) is 0 Å². The summed E-state index contributed by atoms with van der Waals surface area (Å²) in [6.07, 6.45) is 3.89. The van der Waals surface area contributed by atoms with E-state index in [1.807, 2.05) is 6.92 Å². The van der Waals surface area contributed by atoms with Crippen LogP contribution in [0.15, 0.2) is 12.3 Å². The Morgan fingerprint density at radius 3 is 2.67 bits per heavy atom. The van der Waals surface area contributed by atoms with Crippen LogP contribution in [0, 0.1) is 11.6 Å². The zero-order chi connectivity index (χ0) is 11.3. The van der Waals surface area contributed by atoms with E-state index in [-0.39, 0.29) is 11.9 Å². The summed E-state index contributed by atoms with van der Waals surface area (Å²) < 4.78 is 25.8. The molecule has 0 spiro atoms. The molecule has 0 radical (unpaired) electrons. The van der Waals surface area contributed by atoms with Crippen molar-refractivity contribution in [1.82, 2.24) is 4.98 Å². The van der Waals surface area contributed by atoms with Gasteiger partial charge in [0.2, 0.25) is 0 Å². The first kappa shape index (κ1) is 11.9. The lowest BCUT2D eigenvalue weighted by Gasteiger charge is -2.16. The van der Waals surface area contributed by atoms with Gasteiger partial charge in [-0.3, -0.25) is 0 Å². The van der Waals surface area contributed by atoms with E-state index in [1.54, 1.807) is 0 Å². The average molecular weight is 214 g/mol. The van der Waals surface area contributed by atoms with Gasteiger partial charge in [0.1, 0.15) is 5.82 Å². The molecule has 0 bridgehead atoms. The lowest BCUT2D eigenvalue weighted by molar-refractivity contribution is 0.564. The van der Waals surface area contributed by atoms with Crippen LogP contribution in [0.4, 0.5) is 14.6 Å². The van der Waals surface area contributed by atoms with Gasteiger partial charge in [0.25, 0.3) is 0 Å². The Kier molecular flexibility index (Phi) is 4.46. The van der Waals surface area contributed by atoms with E-state index in [4.69, 9.17) is 0 Å². The van der Waals surface area contributed by atoms with E-state index in [0.29, 0.717) is 0 Å². The van der Waals surface area contributed by atoms with Crippen molar-refractivity contribution in [3.63, 3.8) is 0 Å². The van der Waals surface area contributed by atoms with Crippen LogP contribution in [0.25, 0.3) is 0 Å². The van der Waals surface area contributed by atoms with Crippen LogP contribution in [0.2, 0.25) is 0 Å². The summed E-state index contributed by atoms with van der Waals surface area (Å²) >= 11 is 0. The molecule has 0 saturated heterocycles. The predicted octanol–water partition coefficient (Wildman–Crippen LogP) is 3.35. The molecule has 1 N–H and O–H groups in total. The molecule has 0 aliphatic carbocycles. The number of nitrogens with one attached hydrogen (secondary N) is 1. The van der Waals surface area contributed by atoms with E-state index in [9.17, 15) is 8.78 Å². The zero-order valence-corrected chi connectivity index (χ0v) is 9.06. The topological polar surface area (TPSA) is 24.9 Å². The summed E-state index contributed by atoms with van der Waals surface area (Å²) in [6.45, 7) is 4.09. The molecule has 15 heavy (non-hydrogen) atoms. The van der Waals surface area contributed by atoms with Crippen LogP contribution in [-0.4, -0.2) is 11.0 Å². The molecule has 0 saturated carbocycles. The summed E-state index contributed by atoms with van der Waals surface area (Å²) in [7, 11) is 0. The first-order valence-corrected chi connectivity index (χ1v) is 5.25. The maximum atomic E-state index is 13.2. The standard InChI is InChI=1S/C11H16F2N2/c1-3-5-9(4-2)15-11-10(13)6-8(12)7-14-11/h6-7,9H,3-5H2,1-2H3,(H,14,15). The fourth-order valence-electron chi connectivity index (χ4n) is 1.44. The fraction of sp³-hybridized carbons (Fsp3) is 0.545. The van der Waals surface area contributed by atoms with Crippen molar-refractivity contribution < 1.29 is 8.78 Å². The quantitative estimate of drug-likeness (QED) is 0.813. The lowest BCUT2D eigenvalue weighted by Crippen LogP contribution is -2.19. The highest BCUT2D eigenvalue weighted by Gasteiger charge is 2.10. The molecule has 1 heterocycles. The largest absolute Gasteiger partial charge is 0.365 e. The third-order valence-corrected chi connectivity index (χ3v) is 2.28. The molecule has 1 aromatic rings. The molecule has 4 heteroatoms. The second-order valence-corrected chi connectivity index (χ2v) is 3.52. The monoisotopic (exact) mass is 214 g/mol. The smallest absolute Gasteiger partial charge is 0.168 e. The Morgan fingerprint density at radius 2 is 2.13 bits per heavy atom. The summed E-state index contributed by atoms with van der Waals surface area (Å²) in [6, 6.07) is 1.04. The molecule has 1 unspecified atom stereocenters. The number of aromatic nitrogens is 1. The lowest BCUT2D eigenvalue weighted by atomic mass is 10.1. The summed E-state index contributed by atoms with van der Waals surface area (Å²) in [5.41, 5.74) is 0. The Bertz CT molecular complexity index is 315. The summed E-state index contributed by atoms with van der Waals surface area (Å²) in [4.78, 5) is 3.69. The molecule has 2 nitrogen and oxygen atoms in total. The van der Waals surface area contributed by atoms with Gasteiger partial charge in [-0.1, -0.05) is 20.3 Å². The van der Waals surface area contributed by atoms with Crippen LogP contribution in [0.1, 0.15) is 33.1 Å². The second-order valence-electron chi connectivity index (χ2n) is 3.52. The third kappa shape index (κ3) is 3.46. The van der Waals surface area contributed by atoms with Crippen molar-refractivity contribution in [3.05, 3.63) is 23.9 Å². The molecule has 1 aromatic heterocycles. The van der Waals surface area contributed by atoms with Gasteiger partial charge in [-0.05, 0) is 12.8 Å². The van der Waals surface area contributed by atoms with Crippen molar-refractivity contribution in [1.29, 1.82) is 0 Å². The molecule has 0 fully saturated rings. The minimum atomic E-state index is -0.651. The van der Waals surface area contributed by atoms with E-state index >= 15 is 0 Å². The zero-order valence-electron chi connectivity index (χ0n) is 9.06. The number of pyridine rings is 1. The molecular weight excluding hydrogens is 198 g/mol. The Morgan fingerprint density at radius 1 is 1.40 bits per heavy atom. The Labute approximate surface area is 88.7 Å². The predicted molar refractivity (Wildman–Crippen MR) is 56.8 cm³/mol. The van der Waals surface area contributed by atoms with Crippen molar-refractivity contribution in [3.8, 4) is 0 Å². The minimum Gasteiger partial charge on any atom is -0.365 e. The van der Waals surface area contributed by atoms with Gasteiger partial charge in [-0.15, -0.1) is 0 Å².